The van der Waals surface area contributed by atoms with Crippen molar-refractivity contribution in [2.24, 2.45) is 5.92 Å². The van der Waals surface area contributed by atoms with Crippen LogP contribution in [0, 0.1) is 17.2 Å². The van der Waals surface area contributed by atoms with Crippen molar-refractivity contribution < 1.29 is 9.90 Å². The second kappa shape index (κ2) is 5.07. The van der Waals surface area contributed by atoms with Crippen molar-refractivity contribution in [3.8, 4) is 6.07 Å². The van der Waals surface area contributed by atoms with Crippen molar-refractivity contribution in [1.29, 1.82) is 5.26 Å². The smallest absolute Gasteiger partial charge is 0.308 e. The number of aromatic nitrogens is 2. The highest BCUT2D eigenvalue weighted by Gasteiger charge is 2.15. The van der Waals surface area contributed by atoms with Crippen LogP contribution in [0.1, 0.15) is 12.6 Å². The van der Waals surface area contributed by atoms with Crippen molar-refractivity contribution in [2.45, 2.75) is 6.92 Å². The van der Waals surface area contributed by atoms with E-state index >= 15 is 0 Å². The summed E-state index contributed by atoms with van der Waals surface area (Å²) in [7, 11) is 1.69. The standard InChI is InChI=1S/C10H12N4O2/c1-7(9(15)16)6-14(2)10-12-4-3-8(5-11)13-10/h3-4,7H,6H2,1-2H3,(H,15,16). The molecule has 0 saturated carbocycles. The Labute approximate surface area is 93.2 Å². The fraction of sp³-hybridized carbons (Fsp3) is 0.400. The zero-order valence-corrected chi connectivity index (χ0v) is 9.08. The minimum absolute atomic E-state index is 0.264. The number of anilines is 1. The molecular weight excluding hydrogens is 208 g/mol. The second-order valence-electron chi connectivity index (χ2n) is 3.47. The summed E-state index contributed by atoms with van der Waals surface area (Å²) < 4.78 is 0. The minimum atomic E-state index is -0.872. The molecule has 0 bridgehead atoms. The average molecular weight is 220 g/mol. The van der Waals surface area contributed by atoms with Gasteiger partial charge in [0.25, 0.3) is 0 Å². The van der Waals surface area contributed by atoms with E-state index in [4.69, 9.17) is 10.4 Å². The summed E-state index contributed by atoms with van der Waals surface area (Å²) >= 11 is 0. The normalized spacial score (nSPS) is 11.6. The van der Waals surface area contributed by atoms with Crippen LogP contribution < -0.4 is 4.90 Å². The van der Waals surface area contributed by atoms with E-state index in [1.165, 1.54) is 12.3 Å². The average Bonchev–Trinajstić information content (AvgIpc) is 2.28. The van der Waals surface area contributed by atoms with E-state index in [2.05, 4.69) is 9.97 Å². The van der Waals surface area contributed by atoms with Crippen molar-refractivity contribution >= 4 is 11.9 Å². The van der Waals surface area contributed by atoms with Gasteiger partial charge in [-0.3, -0.25) is 4.79 Å². The maximum Gasteiger partial charge on any atom is 0.308 e. The van der Waals surface area contributed by atoms with E-state index in [0.29, 0.717) is 12.5 Å². The van der Waals surface area contributed by atoms with Crippen LogP contribution in [0.15, 0.2) is 12.3 Å². The van der Waals surface area contributed by atoms with Gasteiger partial charge in [0.2, 0.25) is 5.95 Å². The first-order valence-electron chi connectivity index (χ1n) is 4.71. The zero-order valence-electron chi connectivity index (χ0n) is 9.08. The number of carbonyl (C=O) groups is 1. The number of aliphatic carboxylic acids is 1. The van der Waals surface area contributed by atoms with Crippen molar-refractivity contribution in [3.05, 3.63) is 18.0 Å². The van der Waals surface area contributed by atoms with Gasteiger partial charge in [-0.25, -0.2) is 9.97 Å². The number of carboxylic acids is 1. The number of nitrogens with zero attached hydrogens (tertiary/aromatic N) is 4. The van der Waals surface area contributed by atoms with Crippen LogP contribution in [-0.4, -0.2) is 34.6 Å². The molecule has 1 heterocycles. The van der Waals surface area contributed by atoms with Gasteiger partial charge in [0, 0.05) is 19.8 Å². The Morgan fingerprint density at radius 3 is 3.00 bits per heavy atom. The molecule has 0 amide bonds. The first-order chi connectivity index (χ1) is 7.54. The van der Waals surface area contributed by atoms with E-state index in [0.717, 1.165) is 0 Å². The molecule has 0 aliphatic carbocycles. The monoisotopic (exact) mass is 220 g/mol. The minimum Gasteiger partial charge on any atom is -0.481 e. The Hall–Kier alpha value is -2.16. The van der Waals surface area contributed by atoms with Crippen molar-refractivity contribution in [1.82, 2.24) is 9.97 Å². The van der Waals surface area contributed by atoms with Gasteiger partial charge in [-0.2, -0.15) is 5.26 Å². The highest BCUT2D eigenvalue weighted by atomic mass is 16.4. The molecule has 1 aromatic rings. The van der Waals surface area contributed by atoms with Crippen LogP contribution >= 0.6 is 0 Å². The molecule has 1 atom stereocenters. The number of nitriles is 1. The number of rotatable bonds is 4. The van der Waals surface area contributed by atoms with Gasteiger partial charge >= 0.3 is 5.97 Å². The van der Waals surface area contributed by atoms with E-state index in [9.17, 15) is 4.79 Å². The predicted octanol–water partition coefficient (Wildman–Crippen LogP) is 0.505. The fourth-order valence-corrected chi connectivity index (χ4v) is 1.17. The summed E-state index contributed by atoms with van der Waals surface area (Å²) in [6.07, 6.45) is 1.48. The van der Waals surface area contributed by atoms with Crippen LogP contribution in [0.2, 0.25) is 0 Å². The molecule has 0 aliphatic rings. The maximum absolute atomic E-state index is 10.7. The quantitative estimate of drug-likeness (QED) is 0.794. The third-order valence-corrected chi connectivity index (χ3v) is 2.07. The largest absolute Gasteiger partial charge is 0.481 e. The van der Waals surface area contributed by atoms with Gasteiger partial charge in [-0.1, -0.05) is 6.92 Å². The lowest BCUT2D eigenvalue weighted by Crippen LogP contribution is -2.29. The Balaban J connectivity index is 2.77. The zero-order chi connectivity index (χ0) is 12.1. The summed E-state index contributed by atoms with van der Waals surface area (Å²) in [6, 6.07) is 3.40. The molecule has 0 aromatic carbocycles. The first-order valence-corrected chi connectivity index (χ1v) is 4.71. The highest BCUT2D eigenvalue weighted by Crippen LogP contribution is 2.07. The Kier molecular flexibility index (Phi) is 3.78. The first kappa shape index (κ1) is 11.9. The molecule has 0 spiro atoms. The number of hydrogen-bond acceptors (Lipinski definition) is 5. The van der Waals surface area contributed by atoms with Crippen LogP contribution in [0.3, 0.4) is 0 Å². The summed E-state index contributed by atoms with van der Waals surface area (Å²) in [5, 5.41) is 17.4. The Morgan fingerprint density at radius 1 is 1.75 bits per heavy atom. The van der Waals surface area contributed by atoms with E-state index in [1.54, 1.807) is 18.9 Å². The van der Waals surface area contributed by atoms with E-state index in [-0.39, 0.29) is 5.69 Å². The van der Waals surface area contributed by atoms with Gasteiger partial charge in [0.15, 0.2) is 0 Å². The fourth-order valence-electron chi connectivity index (χ4n) is 1.17. The van der Waals surface area contributed by atoms with Gasteiger partial charge in [-0.05, 0) is 6.07 Å². The summed E-state index contributed by atoms with van der Waals surface area (Å²) in [5.74, 6) is -1.03. The molecule has 1 rings (SSSR count). The molecule has 16 heavy (non-hydrogen) atoms. The lowest BCUT2D eigenvalue weighted by Gasteiger charge is -2.18. The molecule has 0 aliphatic heterocycles. The van der Waals surface area contributed by atoms with Gasteiger partial charge in [0.1, 0.15) is 11.8 Å². The van der Waals surface area contributed by atoms with E-state index < -0.39 is 11.9 Å². The number of hydrogen-bond donors (Lipinski definition) is 1. The van der Waals surface area contributed by atoms with Crippen molar-refractivity contribution in [2.75, 3.05) is 18.5 Å². The summed E-state index contributed by atoms with van der Waals surface area (Å²) in [4.78, 5) is 20.2. The van der Waals surface area contributed by atoms with E-state index in [1.807, 2.05) is 6.07 Å². The lowest BCUT2D eigenvalue weighted by atomic mass is 10.2. The Bertz CT molecular complexity index is 427. The van der Waals surface area contributed by atoms with Crippen LogP contribution in [-0.2, 0) is 4.79 Å². The maximum atomic E-state index is 10.7. The van der Waals surface area contributed by atoms with Crippen LogP contribution in [0.4, 0.5) is 5.95 Å². The van der Waals surface area contributed by atoms with Crippen LogP contribution in [0.25, 0.3) is 0 Å². The van der Waals surface area contributed by atoms with Crippen LogP contribution in [0.5, 0.6) is 0 Å². The molecular formula is C10H12N4O2. The highest BCUT2D eigenvalue weighted by molar-refractivity contribution is 5.70. The third kappa shape index (κ3) is 2.92. The summed E-state index contributed by atoms with van der Waals surface area (Å²) in [6.45, 7) is 1.90. The molecule has 84 valence electrons. The van der Waals surface area contributed by atoms with Crippen molar-refractivity contribution in [3.63, 3.8) is 0 Å². The summed E-state index contributed by atoms with van der Waals surface area (Å²) in [5.41, 5.74) is 0.264. The molecule has 1 aromatic heterocycles. The van der Waals surface area contributed by atoms with Gasteiger partial charge < -0.3 is 10.0 Å². The Morgan fingerprint density at radius 2 is 2.44 bits per heavy atom. The SMILES string of the molecule is CC(CN(C)c1nccc(C#N)n1)C(=O)O. The second-order valence-corrected chi connectivity index (χ2v) is 3.47. The molecule has 1 unspecified atom stereocenters. The third-order valence-electron chi connectivity index (χ3n) is 2.07. The van der Waals surface area contributed by atoms with Gasteiger partial charge in [-0.15, -0.1) is 0 Å². The predicted molar refractivity (Wildman–Crippen MR) is 56.8 cm³/mol. The number of carboxylic acid groups (broad SMARTS) is 1. The molecule has 6 heteroatoms. The molecule has 0 fully saturated rings. The molecule has 0 saturated heterocycles. The molecule has 1 N–H and O–H groups in total. The van der Waals surface area contributed by atoms with Gasteiger partial charge in [0.05, 0.1) is 5.92 Å². The molecule has 6 nitrogen and oxygen atoms in total. The topological polar surface area (TPSA) is 90.1 Å². The molecule has 0 radical (unpaired) electrons. The lowest BCUT2D eigenvalue weighted by molar-refractivity contribution is -0.140.